The molecule has 20 heavy (non-hydrogen) atoms. The van der Waals surface area contributed by atoms with Gasteiger partial charge >= 0.3 is 0 Å². The summed E-state index contributed by atoms with van der Waals surface area (Å²) in [5.74, 6) is 0.992. The Balaban J connectivity index is 2.33. The minimum absolute atomic E-state index is 0.954. The second-order valence-electron chi connectivity index (χ2n) is 5.27. The van der Waals surface area contributed by atoms with Gasteiger partial charge in [-0.25, -0.2) is 4.98 Å². The molecule has 3 rings (SSSR count). The smallest absolute Gasteiger partial charge is 0.215 e. The number of imidazole rings is 2. The molecule has 106 valence electrons. The number of nitrogens with one attached hydrogen (secondary N) is 1. The van der Waals surface area contributed by atoms with Crippen molar-refractivity contribution in [3.05, 3.63) is 33.6 Å². The van der Waals surface area contributed by atoms with Crippen molar-refractivity contribution in [2.24, 2.45) is 7.05 Å². The van der Waals surface area contributed by atoms with E-state index in [2.05, 4.69) is 63.2 Å². The second-order valence-corrected chi connectivity index (χ2v) is 6.02. The lowest BCUT2D eigenvalue weighted by Gasteiger charge is -2.04. The topological polar surface area (TPSA) is 34.3 Å². The monoisotopic (exact) mass is 334 g/mol. The lowest BCUT2D eigenvalue weighted by atomic mass is 10.1. The van der Waals surface area contributed by atoms with Gasteiger partial charge < -0.3 is 9.88 Å². The van der Waals surface area contributed by atoms with Crippen LogP contribution in [0.5, 0.6) is 0 Å². The van der Waals surface area contributed by atoms with E-state index in [1.54, 1.807) is 0 Å². The van der Waals surface area contributed by atoms with E-state index in [0.29, 0.717) is 0 Å². The van der Waals surface area contributed by atoms with Crippen LogP contribution in [-0.4, -0.2) is 27.5 Å². The molecule has 0 fully saturated rings. The highest BCUT2D eigenvalue weighted by Crippen LogP contribution is 2.29. The van der Waals surface area contributed by atoms with Crippen LogP contribution in [-0.2, 0) is 13.5 Å². The summed E-state index contributed by atoms with van der Waals surface area (Å²) in [6, 6.07) is 4.32. The molecule has 0 amide bonds. The number of nitrogens with zero attached hydrogens (tertiary/aromatic N) is 3. The Hall–Kier alpha value is -1.33. The van der Waals surface area contributed by atoms with E-state index in [4.69, 9.17) is 4.98 Å². The summed E-state index contributed by atoms with van der Waals surface area (Å²) in [5, 5.41) is 3.20. The van der Waals surface area contributed by atoms with Gasteiger partial charge in [-0.3, -0.25) is 4.40 Å². The average Bonchev–Trinajstić information content (AvgIpc) is 2.92. The summed E-state index contributed by atoms with van der Waals surface area (Å²) < 4.78 is 5.49. The van der Waals surface area contributed by atoms with Crippen molar-refractivity contribution in [3.8, 4) is 0 Å². The fraction of sp³-hybridized carbons (Fsp3) is 0.400. The van der Waals surface area contributed by atoms with Crippen LogP contribution >= 0.6 is 15.9 Å². The molecule has 3 aromatic rings. The van der Waals surface area contributed by atoms with Gasteiger partial charge in [0.2, 0.25) is 5.78 Å². The normalized spacial score (nSPS) is 11.8. The van der Waals surface area contributed by atoms with Crippen LogP contribution in [0.2, 0.25) is 0 Å². The molecule has 0 aliphatic carbocycles. The van der Waals surface area contributed by atoms with E-state index >= 15 is 0 Å². The maximum atomic E-state index is 4.84. The molecule has 4 nitrogen and oxygen atoms in total. The zero-order valence-electron chi connectivity index (χ0n) is 12.3. The largest absolute Gasteiger partial charge is 0.319 e. The SMILES string of the molecule is CNCCc1c(Br)n2c3ccc(C)c(C)c3nc2n1C. The molecule has 0 aliphatic rings. The predicted octanol–water partition coefficient (Wildman–Crippen LogP) is 2.97. The van der Waals surface area contributed by atoms with Crippen molar-refractivity contribution in [3.63, 3.8) is 0 Å². The van der Waals surface area contributed by atoms with E-state index in [9.17, 15) is 0 Å². The molecular weight excluding hydrogens is 316 g/mol. The minimum atomic E-state index is 0.954. The first-order chi connectivity index (χ1) is 9.56. The molecule has 0 aliphatic heterocycles. The fourth-order valence-electron chi connectivity index (χ4n) is 2.69. The van der Waals surface area contributed by atoms with Gasteiger partial charge in [-0.2, -0.15) is 0 Å². The third kappa shape index (κ3) is 1.80. The van der Waals surface area contributed by atoms with Crippen molar-refractivity contribution in [1.29, 1.82) is 0 Å². The molecule has 0 bridgehead atoms. The van der Waals surface area contributed by atoms with Crippen LogP contribution < -0.4 is 5.32 Å². The number of hydrogen-bond acceptors (Lipinski definition) is 2. The first-order valence-corrected chi connectivity index (χ1v) is 7.61. The van der Waals surface area contributed by atoms with Gasteiger partial charge in [0.1, 0.15) is 4.60 Å². The van der Waals surface area contributed by atoms with Crippen molar-refractivity contribution in [2.75, 3.05) is 13.6 Å². The van der Waals surface area contributed by atoms with Crippen molar-refractivity contribution >= 4 is 32.7 Å². The third-order valence-electron chi connectivity index (χ3n) is 4.08. The van der Waals surface area contributed by atoms with Gasteiger partial charge in [-0.15, -0.1) is 0 Å². The highest BCUT2D eigenvalue weighted by molar-refractivity contribution is 9.10. The number of benzene rings is 1. The number of aryl methyl sites for hydroxylation is 3. The first-order valence-electron chi connectivity index (χ1n) is 6.82. The van der Waals surface area contributed by atoms with Gasteiger partial charge in [0.15, 0.2) is 0 Å². The number of fused-ring (bicyclic) bond motifs is 3. The van der Waals surface area contributed by atoms with Gasteiger partial charge in [0.25, 0.3) is 0 Å². The Morgan fingerprint density at radius 1 is 1.30 bits per heavy atom. The molecule has 0 atom stereocenters. The van der Waals surface area contributed by atoms with E-state index in [0.717, 1.165) is 28.9 Å². The Labute approximate surface area is 126 Å². The molecule has 0 saturated heterocycles. The second kappa shape index (κ2) is 4.90. The van der Waals surface area contributed by atoms with Crippen LogP contribution in [0.1, 0.15) is 16.8 Å². The summed E-state index contributed by atoms with van der Waals surface area (Å²) in [6.07, 6.45) is 0.975. The molecule has 0 radical (unpaired) electrons. The van der Waals surface area contributed by atoms with Crippen molar-refractivity contribution in [1.82, 2.24) is 19.3 Å². The summed E-state index contributed by atoms with van der Waals surface area (Å²) in [6.45, 7) is 5.22. The van der Waals surface area contributed by atoms with Crippen molar-refractivity contribution in [2.45, 2.75) is 20.3 Å². The molecule has 2 heterocycles. The fourth-order valence-corrected chi connectivity index (χ4v) is 3.50. The van der Waals surface area contributed by atoms with Crippen LogP contribution in [0.15, 0.2) is 16.7 Å². The third-order valence-corrected chi connectivity index (χ3v) is 4.90. The van der Waals surface area contributed by atoms with Gasteiger partial charge in [0, 0.05) is 20.0 Å². The Morgan fingerprint density at radius 2 is 2.05 bits per heavy atom. The molecule has 5 heteroatoms. The minimum Gasteiger partial charge on any atom is -0.319 e. The zero-order valence-corrected chi connectivity index (χ0v) is 13.9. The van der Waals surface area contributed by atoms with Crippen LogP contribution in [0, 0.1) is 13.8 Å². The van der Waals surface area contributed by atoms with Crippen molar-refractivity contribution < 1.29 is 0 Å². The number of hydrogen-bond donors (Lipinski definition) is 1. The quantitative estimate of drug-likeness (QED) is 0.799. The zero-order chi connectivity index (χ0) is 14.4. The number of aromatic nitrogens is 3. The molecule has 0 unspecified atom stereocenters. The van der Waals surface area contributed by atoms with E-state index in [-0.39, 0.29) is 0 Å². The van der Waals surface area contributed by atoms with E-state index in [1.165, 1.54) is 22.3 Å². The summed E-state index contributed by atoms with van der Waals surface area (Å²) in [7, 11) is 4.06. The van der Waals surface area contributed by atoms with E-state index < -0.39 is 0 Å². The Kier molecular flexibility index (Phi) is 3.34. The Bertz CT molecular complexity index is 798. The molecule has 0 saturated carbocycles. The lowest BCUT2D eigenvalue weighted by molar-refractivity contribution is 0.741. The predicted molar refractivity (Wildman–Crippen MR) is 86.5 cm³/mol. The number of likely N-dealkylation sites (N-methyl/N-ethyl adjacent to an activating group) is 1. The van der Waals surface area contributed by atoms with Gasteiger partial charge in [0.05, 0.1) is 16.7 Å². The highest BCUT2D eigenvalue weighted by Gasteiger charge is 2.18. The highest BCUT2D eigenvalue weighted by atomic mass is 79.9. The lowest BCUT2D eigenvalue weighted by Crippen LogP contribution is -2.12. The summed E-state index contributed by atoms with van der Waals surface area (Å²) >= 11 is 3.75. The summed E-state index contributed by atoms with van der Waals surface area (Å²) in [4.78, 5) is 4.84. The Morgan fingerprint density at radius 3 is 2.75 bits per heavy atom. The number of halogens is 1. The standard InChI is InChI=1S/C15H19BrN4/c1-9-5-6-11-13(10(9)2)18-15-19(4)12(7-8-17-3)14(16)20(11)15/h5-6,17H,7-8H2,1-4H3. The van der Waals surface area contributed by atoms with Gasteiger partial charge in [-0.1, -0.05) is 6.07 Å². The van der Waals surface area contributed by atoms with Crippen LogP contribution in [0.3, 0.4) is 0 Å². The molecular formula is C15H19BrN4. The molecule has 2 aromatic heterocycles. The average molecular weight is 335 g/mol. The van der Waals surface area contributed by atoms with Gasteiger partial charge in [-0.05, 0) is 54.0 Å². The van der Waals surface area contributed by atoms with E-state index in [1.807, 2.05) is 7.05 Å². The maximum Gasteiger partial charge on any atom is 0.215 e. The van der Waals surface area contributed by atoms with Crippen LogP contribution in [0.25, 0.3) is 16.8 Å². The number of rotatable bonds is 3. The first kappa shape index (κ1) is 13.6. The van der Waals surface area contributed by atoms with Crippen LogP contribution in [0.4, 0.5) is 0 Å². The maximum absolute atomic E-state index is 4.84. The molecule has 1 aromatic carbocycles. The molecule has 1 N–H and O–H groups in total. The molecule has 0 spiro atoms. The summed E-state index contributed by atoms with van der Waals surface area (Å²) in [5.41, 5.74) is 6.07.